The fourth-order valence-corrected chi connectivity index (χ4v) is 6.87. The van der Waals surface area contributed by atoms with E-state index >= 15 is 0 Å². The summed E-state index contributed by atoms with van der Waals surface area (Å²) in [5.74, 6) is 0.873. The van der Waals surface area contributed by atoms with Gasteiger partial charge in [0.05, 0.1) is 27.8 Å². The van der Waals surface area contributed by atoms with Crippen molar-refractivity contribution in [3.63, 3.8) is 0 Å². The first-order valence-electron chi connectivity index (χ1n) is 12.7. The second kappa shape index (κ2) is 9.03. The lowest BCUT2D eigenvalue weighted by molar-refractivity contribution is 0.0930. The molecular weight excluding hydrogens is 458 g/mol. The molecule has 182 valence electrons. The molecule has 6 rings (SSSR count). The lowest BCUT2D eigenvalue weighted by Gasteiger charge is -2.26. The van der Waals surface area contributed by atoms with Crippen molar-refractivity contribution in [2.45, 2.75) is 61.4 Å². The molecule has 2 aliphatic carbocycles. The molecule has 2 atom stereocenters. The Morgan fingerprint density at radius 2 is 1.80 bits per heavy atom. The molecule has 1 aliphatic heterocycles. The molecule has 0 radical (unpaired) electrons. The Balaban J connectivity index is 1.30. The molecule has 2 N–H and O–H groups in total. The van der Waals surface area contributed by atoms with Gasteiger partial charge in [-0.3, -0.25) is 9.78 Å². The van der Waals surface area contributed by atoms with Crippen LogP contribution in [0, 0.1) is 5.92 Å². The molecule has 7 heteroatoms. The molecule has 0 spiro atoms. The summed E-state index contributed by atoms with van der Waals surface area (Å²) < 4.78 is 25.4. The topological polar surface area (TPSA) is 88.2 Å². The summed E-state index contributed by atoms with van der Waals surface area (Å²) in [6, 6.07) is 16.8. The zero-order chi connectivity index (χ0) is 24.0. The van der Waals surface area contributed by atoms with E-state index in [1.165, 1.54) is 0 Å². The zero-order valence-electron chi connectivity index (χ0n) is 19.7. The zero-order valence-corrected chi connectivity index (χ0v) is 20.6. The van der Waals surface area contributed by atoms with E-state index < -0.39 is 9.84 Å². The Morgan fingerprint density at radius 3 is 2.49 bits per heavy atom. The van der Waals surface area contributed by atoms with Crippen LogP contribution in [0.4, 0.5) is 0 Å². The van der Waals surface area contributed by atoms with Gasteiger partial charge in [0, 0.05) is 23.0 Å². The maximum atomic E-state index is 13.7. The molecule has 6 nitrogen and oxygen atoms in total. The Kier molecular flexibility index (Phi) is 5.85. The minimum absolute atomic E-state index is 0.101. The highest BCUT2D eigenvalue weighted by Gasteiger charge is 2.32. The SMILES string of the molecule is O=C(N[C@H](c1ccc(S(=O)(=O)CC2CC2)cc1)[C@H]1CCCN1)c1cc(C2CC2)nc2ccccc12. The summed E-state index contributed by atoms with van der Waals surface area (Å²) >= 11 is 0. The predicted molar refractivity (Wildman–Crippen MR) is 136 cm³/mol. The molecule has 1 aromatic heterocycles. The molecule has 0 bridgehead atoms. The first-order valence-corrected chi connectivity index (χ1v) is 14.4. The molecule has 2 heterocycles. The van der Waals surface area contributed by atoms with E-state index in [4.69, 9.17) is 4.98 Å². The third kappa shape index (κ3) is 4.84. The van der Waals surface area contributed by atoms with Gasteiger partial charge in [-0.05, 0) is 80.8 Å². The number of fused-ring (bicyclic) bond motifs is 1. The number of amides is 1. The number of benzene rings is 2. The first-order chi connectivity index (χ1) is 17.0. The summed E-state index contributed by atoms with van der Waals surface area (Å²) in [6.45, 7) is 0.912. The average Bonchev–Trinajstić information content (AvgIpc) is 3.81. The predicted octanol–water partition coefficient (Wildman–Crippen LogP) is 4.52. The number of para-hydroxylation sites is 1. The number of pyridine rings is 1. The number of hydrogen-bond acceptors (Lipinski definition) is 5. The molecule has 1 saturated heterocycles. The van der Waals surface area contributed by atoms with E-state index in [0.717, 1.165) is 67.2 Å². The Bertz CT molecular complexity index is 1360. The summed E-state index contributed by atoms with van der Waals surface area (Å²) in [7, 11) is -3.27. The third-order valence-electron chi connectivity index (χ3n) is 7.51. The van der Waals surface area contributed by atoms with Gasteiger partial charge < -0.3 is 10.6 Å². The van der Waals surface area contributed by atoms with Crippen LogP contribution in [0.15, 0.2) is 59.5 Å². The smallest absolute Gasteiger partial charge is 0.252 e. The lowest BCUT2D eigenvalue weighted by atomic mass is 9.97. The van der Waals surface area contributed by atoms with Gasteiger partial charge in [-0.15, -0.1) is 0 Å². The minimum Gasteiger partial charge on any atom is -0.344 e. The van der Waals surface area contributed by atoms with Crippen LogP contribution in [0.2, 0.25) is 0 Å². The van der Waals surface area contributed by atoms with E-state index in [0.29, 0.717) is 22.3 Å². The van der Waals surface area contributed by atoms with Gasteiger partial charge in [-0.25, -0.2) is 8.42 Å². The van der Waals surface area contributed by atoms with Crippen LogP contribution in [-0.4, -0.2) is 37.6 Å². The monoisotopic (exact) mass is 489 g/mol. The number of rotatable bonds is 8. The number of carbonyl (C=O) groups is 1. The molecule has 35 heavy (non-hydrogen) atoms. The number of nitrogens with zero attached hydrogens (tertiary/aromatic N) is 1. The van der Waals surface area contributed by atoms with Gasteiger partial charge in [0.15, 0.2) is 9.84 Å². The highest BCUT2D eigenvalue weighted by atomic mass is 32.2. The maximum absolute atomic E-state index is 13.7. The molecule has 3 aromatic rings. The van der Waals surface area contributed by atoms with Crippen molar-refractivity contribution in [3.05, 3.63) is 71.4 Å². The van der Waals surface area contributed by atoms with E-state index in [1.807, 2.05) is 42.5 Å². The highest BCUT2D eigenvalue weighted by molar-refractivity contribution is 7.91. The molecule has 3 fully saturated rings. The normalized spacial score (nSPS) is 21.2. The summed E-state index contributed by atoms with van der Waals surface area (Å²) in [4.78, 5) is 18.9. The molecule has 3 aliphatic rings. The van der Waals surface area contributed by atoms with Gasteiger partial charge in [-0.1, -0.05) is 30.3 Å². The van der Waals surface area contributed by atoms with Crippen molar-refractivity contribution in [2.75, 3.05) is 12.3 Å². The molecule has 2 aromatic carbocycles. The summed E-state index contributed by atoms with van der Waals surface area (Å²) in [5.41, 5.74) is 3.42. The van der Waals surface area contributed by atoms with Crippen LogP contribution in [0.5, 0.6) is 0 Å². The van der Waals surface area contributed by atoms with E-state index in [2.05, 4.69) is 10.6 Å². The average molecular weight is 490 g/mol. The standard InChI is InChI=1S/C28H31N3O3S/c32-28(23-16-26(19-9-10-19)30-24-5-2-1-4-22(23)24)31-27(25-6-3-15-29-25)20-11-13-21(14-12-20)35(33,34)17-18-7-8-18/h1-2,4-5,11-14,16,18-19,25,27,29H,3,6-10,15,17H2,(H,31,32)/t25-,27-/m1/s1. The van der Waals surface area contributed by atoms with Crippen LogP contribution in [0.3, 0.4) is 0 Å². The first kappa shape index (κ1) is 22.7. The largest absolute Gasteiger partial charge is 0.344 e. The number of nitrogens with one attached hydrogen (secondary N) is 2. The van der Waals surface area contributed by atoms with Gasteiger partial charge in [-0.2, -0.15) is 0 Å². The summed E-state index contributed by atoms with van der Waals surface area (Å²) in [6.07, 6.45) is 6.26. The molecule has 2 saturated carbocycles. The lowest BCUT2D eigenvalue weighted by Crippen LogP contribution is -2.41. The Hall–Kier alpha value is -2.77. The Morgan fingerprint density at radius 1 is 1.03 bits per heavy atom. The van der Waals surface area contributed by atoms with Crippen LogP contribution in [-0.2, 0) is 9.84 Å². The minimum atomic E-state index is -3.27. The van der Waals surface area contributed by atoms with Crippen molar-refractivity contribution in [1.29, 1.82) is 0 Å². The molecule has 0 unspecified atom stereocenters. The van der Waals surface area contributed by atoms with Crippen molar-refractivity contribution in [3.8, 4) is 0 Å². The van der Waals surface area contributed by atoms with Crippen molar-refractivity contribution >= 4 is 26.6 Å². The fraction of sp³-hybridized carbons (Fsp3) is 0.429. The number of hydrogen-bond donors (Lipinski definition) is 2. The van der Waals surface area contributed by atoms with Crippen molar-refractivity contribution < 1.29 is 13.2 Å². The second-order valence-corrected chi connectivity index (χ2v) is 12.4. The van der Waals surface area contributed by atoms with Crippen LogP contribution in [0.1, 0.15) is 72.1 Å². The number of carbonyl (C=O) groups excluding carboxylic acids is 1. The summed E-state index contributed by atoms with van der Waals surface area (Å²) in [5, 5.41) is 7.67. The van der Waals surface area contributed by atoms with E-state index in [9.17, 15) is 13.2 Å². The molecule has 1 amide bonds. The van der Waals surface area contributed by atoms with E-state index in [-0.39, 0.29) is 23.7 Å². The van der Waals surface area contributed by atoms with Gasteiger partial charge >= 0.3 is 0 Å². The quantitative estimate of drug-likeness (QED) is 0.486. The number of sulfone groups is 1. The van der Waals surface area contributed by atoms with E-state index in [1.54, 1.807) is 12.1 Å². The Labute approximate surface area is 206 Å². The third-order valence-corrected chi connectivity index (χ3v) is 9.41. The van der Waals surface area contributed by atoms with Gasteiger partial charge in [0.1, 0.15) is 0 Å². The van der Waals surface area contributed by atoms with Crippen molar-refractivity contribution in [2.24, 2.45) is 5.92 Å². The second-order valence-electron chi connectivity index (χ2n) is 10.3. The van der Waals surface area contributed by atoms with Crippen LogP contribution >= 0.6 is 0 Å². The van der Waals surface area contributed by atoms with Crippen LogP contribution in [0.25, 0.3) is 10.9 Å². The van der Waals surface area contributed by atoms with Crippen LogP contribution < -0.4 is 10.6 Å². The molecular formula is C28H31N3O3S. The number of aromatic nitrogens is 1. The maximum Gasteiger partial charge on any atom is 0.252 e. The van der Waals surface area contributed by atoms with Crippen molar-refractivity contribution in [1.82, 2.24) is 15.6 Å². The van der Waals surface area contributed by atoms with Gasteiger partial charge in [0.25, 0.3) is 5.91 Å². The fourth-order valence-electron chi connectivity index (χ4n) is 5.18. The highest BCUT2D eigenvalue weighted by Crippen LogP contribution is 2.40. The van der Waals surface area contributed by atoms with Gasteiger partial charge in [0.2, 0.25) is 0 Å².